The van der Waals surface area contributed by atoms with Crippen LogP contribution >= 0.6 is 11.3 Å². The van der Waals surface area contributed by atoms with Gasteiger partial charge in [-0.1, -0.05) is 12.6 Å². The van der Waals surface area contributed by atoms with Crippen LogP contribution in [0.25, 0.3) is 21.4 Å². The number of rotatable bonds is 3. The molecule has 3 aromatic rings. The summed E-state index contributed by atoms with van der Waals surface area (Å²) in [6.07, 6.45) is 1.30. The fourth-order valence-corrected chi connectivity index (χ4v) is 4.71. The second-order valence-corrected chi connectivity index (χ2v) is 7.96. The minimum absolute atomic E-state index is 0.0567. The third-order valence-electron chi connectivity index (χ3n) is 5.33. The topological polar surface area (TPSA) is 72.2 Å². The molecule has 2 aliphatic heterocycles. The average molecular weight is 424 g/mol. The molecule has 0 saturated carbocycles. The van der Waals surface area contributed by atoms with E-state index in [4.69, 9.17) is 13.9 Å². The van der Waals surface area contributed by atoms with Crippen molar-refractivity contribution in [2.45, 2.75) is 0 Å². The van der Waals surface area contributed by atoms with Crippen molar-refractivity contribution in [3.8, 4) is 16.9 Å². The number of ether oxygens (including phenoxy) is 2. The van der Waals surface area contributed by atoms with Crippen LogP contribution in [0.2, 0.25) is 0 Å². The van der Waals surface area contributed by atoms with Crippen molar-refractivity contribution in [1.82, 2.24) is 0 Å². The number of carbonyl (C=O) groups excluding carboxylic acids is 1. The Morgan fingerprint density at radius 3 is 2.77 bits per heavy atom. The molecule has 4 heterocycles. The van der Waals surface area contributed by atoms with Gasteiger partial charge in [-0.15, -0.1) is 11.3 Å². The third kappa shape index (κ3) is 3.18. The Hall–Kier alpha value is -3.10. The van der Waals surface area contributed by atoms with Crippen LogP contribution in [0.3, 0.4) is 0 Å². The zero-order chi connectivity index (χ0) is 20.7. The summed E-state index contributed by atoms with van der Waals surface area (Å²) in [5.41, 5.74) is 2.87. The van der Waals surface area contributed by atoms with Crippen LogP contribution < -0.4 is 20.0 Å². The molecule has 5 rings (SSSR count). The molecule has 154 valence electrons. The largest absolute Gasteiger partial charge is 0.490 e. The molecule has 0 unspecified atom stereocenters. The van der Waals surface area contributed by atoms with Crippen LogP contribution in [0.5, 0.6) is 5.75 Å². The Morgan fingerprint density at radius 1 is 1.13 bits per heavy atom. The molecule has 1 amide bonds. The lowest BCUT2D eigenvalue weighted by Crippen LogP contribution is -2.36. The van der Waals surface area contributed by atoms with Crippen molar-refractivity contribution in [2.75, 3.05) is 49.3 Å². The molecule has 1 fully saturated rings. The maximum Gasteiger partial charge on any atom is 0.250 e. The number of fused-ring (bicyclic) bond motifs is 2. The molecule has 0 spiro atoms. The van der Waals surface area contributed by atoms with Gasteiger partial charge in [-0.05, 0) is 23.8 Å². The Labute approximate surface area is 176 Å². The number of carbonyl (C=O) groups is 1. The average Bonchev–Trinajstić information content (AvgIpc) is 3.23. The maximum absolute atomic E-state index is 12.7. The van der Waals surface area contributed by atoms with Gasteiger partial charge < -0.3 is 23.7 Å². The number of morpholine rings is 1. The maximum atomic E-state index is 12.7. The van der Waals surface area contributed by atoms with Gasteiger partial charge in [-0.3, -0.25) is 9.59 Å². The highest BCUT2D eigenvalue weighted by atomic mass is 32.1. The van der Waals surface area contributed by atoms with Crippen molar-refractivity contribution in [3.05, 3.63) is 52.5 Å². The van der Waals surface area contributed by atoms with Crippen LogP contribution in [-0.2, 0) is 9.53 Å². The van der Waals surface area contributed by atoms with E-state index in [1.807, 2.05) is 28.5 Å². The lowest BCUT2D eigenvalue weighted by Gasteiger charge is -2.29. The second kappa shape index (κ2) is 7.62. The number of amides is 1. The highest BCUT2D eigenvalue weighted by molar-refractivity contribution is 7.17. The molecule has 2 aromatic heterocycles. The first kappa shape index (κ1) is 18.9. The molecule has 0 radical (unpaired) electrons. The van der Waals surface area contributed by atoms with Gasteiger partial charge in [0.05, 0.1) is 25.4 Å². The van der Waals surface area contributed by atoms with Crippen molar-refractivity contribution < 1.29 is 18.7 Å². The second-order valence-electron chi connectivity index (χ2n) is 7.08. The van der Waals surface area contributed by atoms with E-state index >= 15 is 0 Å². The van der Waals surface area contributed by atoms with Crippen LogP contribution in [-0.4, -0.2) is 45.4 Å². The number of hydrogen-bond donors (Lipinski definition) is 0. The molecular weight excluding hydrogens is 404 g/mol. The Morgan fingerprint density at radius 2 is 1.97 bits per heavy atom. The SMILES string of the molecule is C=CC(=O)N1CCOc2ccc(-c3csc4c(=O)cc(N5CCOCC5)oc34)cc21. The molecule has 2 aliphatic rings. The summed E-state index contributed by atoms with van der Waals surface area (Å²) < 4.78 is 17.9. The fraction of sp³-hybridized carbons (Fsp3) is 0.273. The minimum atomic E-state index is -0.173. The van der Waals surface area contributed by atoms with Crippen molar-refractivity contribution >= 4 is 39.1 Å². The van der Waals surface area contributed by atoms with Gasteiger partial charge in [-0.25, -0.2) is 0 Å². The highest BCUT2D eigenvalue weighted by Crippen LogP contribution is 2.40. The van der Waals surface area contributed by atoms with E-state index in [-0.39, 0.29) is 11.3 Å². The van der Waals surface area contributed by atoms with E-state index in [9.17, 15) is 9.59 Å². The van der Waals surface area contributed by atoms with Crippen LogP contribution in [0.15, 0.2) is 51.5 Å². The molecule has 0 N–H and O–H groups in total. The summed E-state index contributed by atoms with van der Waals surface area (Å²) in [7, 11) is 0. The lowest BCUT2D eigenvalue weighted by atomic mass is 10.1. The van der Waals surface area contributed by atoms with Crippen LogP contribution in [0.4, 0.5) is 11.6 Å². The molecule has 0 aliphatic carbocycles. The first-order valence-corrected chi connectivity index (χ1v) is 10.6. The summed E-state index contributed by atoms with van der Waals surface area (Å²) in [5, 5.41) is 1.92. The van der Waals surface area contributed by atoms with Crippen LogP contribution in [0.1, 0.15) is 0 Å². The highest BCUT2D eigenvalue weighted by Gasteiger charge is 2.24. The first-order valence-electron chi connectivity index (χ1n) is 9.75. The fourth-order valence-electron chi connectivity index (χ4n) is 3.79. The first-order chi connectivity index (χ1) is 14.7. The zero-order valence-electron chi connectivity index (χ0n) is 16.3. The van der Waals surface area contributed by atoms with Crippen LogP contribution in [0, 0.1) is 0 Å². The van der Waals surface area contributed by atoms with Gasteiger partial charge in [0.25, 0.3) is 5.91 Å². The number of nitrogens with zero attached hydrogens (tertiary/aromatic N) is 2. The van der Waals surface area contributed by atoms with E-state index < -0.39 is 0 Å². The molecule has 8 heteroatoms. The molecule has 7 nitrogen and oxygen atoms in total. The van der Waals surface area contributed by atoms with Gasteiger partial charge in [0.1, 0.15) is 17.1 Å². The van der Waals surface area contributed by atoms with Gasteiger partial charge in [0.15, 0.2) is 11.5 Å². The van der Waals surface area contributed by atoms with E-state index in [2.05, 4.69) is 6.58 Å². The van der Waals surface area contributed by atoms with E-state index in [0.717, 1.165) is 11.1 Å². The van der Waals surface area contributed by atoms with Crippen molar-refractivity contribution in [2.24, 2.45) is 0 Å². The summed E-state index contributed by atoms with van der Waals surface area (Å²) in [6, 6.07) is 7.22. The summed E-state index contributed by atoms with van der Waals surface area (Å²) in [5.74, 6) is 1.03. The molecule has 0 bridgehead atoms. The molecule has 30 heavy (non-hydrogen) atoms. The zero-order valence-corrected chi connectivity index (χ0v) is 17.1. The van der Waals surface area contributed by atoms with E-state index in [0.29, 0.717) is 67.1 Å². The number of anilines is 2. The molecule has 1 saturated heterocycles. The predicted molar refractivity (Wildman–Crippen MR) is 117 cm³/mol. The lowest BCUT2D eigenvalue weighted by molar-refractivity contribution is -0.114. The standard InChI is InChI=1S/C22H20N2O5S/c1-2-19(26)24-7-10-28-18-4-3-14(11-16(18)24)15-13-30-22-17(25)12-20(29-21(15)22)23-5-8-27-9-6-23/h2-4,11-13H,1,5-10H2. The van der Waals surface area contributed by atoms with E-state index in [1.165, 1.54) is 17.4 Å². The predicted octanol–water partition coefficient (Wildman–Crippen LogP) is 3.27. The van der Waals surface area contributed by atoms with Gasteiger partial charge >= 0.3 is 0 Å². The normalized spacial score (nSPS) is 16.3. The number of benzene rings is 1. The quantitative estimate of drug-likeness (QED) is 0.601. The molecule has 1 aromatic carbocycles. The Balaban J connectivity index is 1.61. The van der Waals surface area contributed by atoms with Gasteiger partial charge in [0, 0.05) is 30.1 Å². The molecule has 0 atom stereocenters. The molecular formula is C22H20N2O5S. The number of hydrogen-bond acceptors (Lipinski definition) is 7. The third-order valence-corrected chi connectivity index (χ3v) is 6.30. The Kier molecular flexibility index (Phi) is 4.80. The minimum Gasteiger partial charge on any atom is -0.490 e. The van der Waals surface area contributed by atoms with Gasteiger partial charge in [-0.2, -0.15) is 0 Å². The van der Waals surface area contributed by atoms with E-state index in [1.54, 1.807) is 11.0 Å². The smallest absolute Gasteiger partial charge is 0.250 e. The summed E-state index contributed by atoms with van der Waals surface area (Å²) in [6.45, 7) is 7.07. The summed E-state index contributed by atoms with van der Waals surface area (Å²) in [4.78, 5) is 28.7. The number of thiophene rings is 1. The van der Waals surface area contributed by atoms with Crippen molar-refractivity contribution in [1.29, 1.82) is 0 Å². The van der Waals surface area contributed by atoms with Crippen molar-refractivity contribution in [3.63, 3.8) is 0 Å². The summed E-state index contributed by atoms with van der Waals surface area (Å²) >= 11 is 1.36. The monoisotopic (exact) mass is 424 g/mol. The van der Waals surface area contributed by atoms with Gasteiger partial charge in [0.2, 0.25) is 5.43 Å². The Bertz CT molecular complexity index is 1190.